The number of nitrogens with zero attached hydrogens (tertiary/aromatic N) is 1. The molecule has 6 nitrogen and oxygen atoms in total. The van der Waals surface area contributed by atoms with Crippen molar-refractivity contribution in [2.24, 2.45) is 0 Å². The van der Waals surface area contributed by atoms with Gasteiger partial charge < -0.3 is 15.4 Å². The van der Waals surface area contributed by atoms with Crippen LogP contribution >= 0.6 is 0 Å². The molecule has 3 N–H and O–H groups in total. The first-order chi connectivity index (χ1) is 14.2. The van der Waals surface area contributed by atoms with E-state index in [2.05, 4.69) is 35.2 Å². The number of ketones is 1. The molecule has 168 valence electrons. The number of nitrogens with one attached hydrogen (secondary N) is 2. The number of likely N-dealkylation sites (N-methyl/N-ethyl adjacent to an activating group) is 1. The summed E-state index contributed by atoms with van der Waals surface area (Å²) in [4.78, 5) is 27.1. The number of Topliss-reactive ketones (excluding diaryl/α,β-unsaturated/α-hetero) is 1. The second-order valence-electron chi connectivity index (χ2n) is 7.68. The van der Waals surface area contributed by atoms with Gasteiger partial charge in [0.25, 0.3) is 0 Å². The number of alkyl halides is 3. The van der Waals surface area contributed by atoms with Gasteiger partial charge in [-0.3, -0.25) is 9.69 Å². The molecule has 0 spiro atoms. The van der Waals surface area contributed by atoms with E-state index >= 15 is 0 Å². The number of aromatic amines is 1. The molecule has 0 saturated heterocycles. The Hall–Kier alpha value is -2.29. The van der Waals surface area contributed by atoms with E-state index in [1.54, 1.807) is 0 Å². The molecule has 0 bridgehead atoms. The van der Waals surface area contributed by atoms with Crippen LogP contribution in [-0.2, 0) is 11.2 Å². The lowest BCUT2D eigenvalue weighted by Crippen LogP contribution is -2.36. The summed E-state index contributed by atoms with van der Waals surface area (Å²) in [5.74, 6) is -2.63. The van der Waals surface area contributed by atoms with Crippen LogP contribution in [0.25, 0.3) is 0 Å². The number of unbranched alkanes of at least 4 members (excludes halogenated alkanes) is 5. The quantitative estimate of drug-likeness (QED) is 0.539. The minimum absolute atomic E-state index is 0.129. The number of halogens is 3. The van der Waals surface area contributed by atoms with Crippen LogP contribution in [-0.4, -0.2) is 53.1 Å². The van der Waals surface area contributed by atoms with Crippen LogP contribution in [0.5, 0.6) is 0 Å². The molecule has 9 heteroatoms. The first kappa shape index (κ1) is 24.0. The van der Waals surface area contributed by atoms with E-state index in [1.807, 2.05) is 6.20 Å². The molecular formula is C21H30F3N3O3. The highest BCUT2D eigenvalue weighted by molar-refractivity contribution is 6.09. The fourth-order valence-electron chi connectivity index (χ4n) is 3.71. The molecule has 3 rings (SSSR count). The molecule has 1 unspecified atom stereocenters. The fraction of sp³-hybridized carbons (Fsp3) is 0.619. The predicted octanol–water partition coefficient (Wildman–Crippen LogP) is 4.21. The molecule has 0 aromatic carbocycles. The van der Waals surface area contributed by atoms with Gasteiger partial charge in [0.1, 0.15) is 0 Å². The van der Waals surface area contributed by atoms with Gasteiger partial charge in [-0.15, -0.1) is 0 Å². The standard InChI is InChI=1S/C19H29N3O.C2HF3O2/c1-3-4-5-6-7-8-10-20-15-12-16-17-14(9-11-22(16)2)13-21-18(17)19(15)23;3-2(4,5)1(6)7/h12-13,16,20-21H,3-11H2,1-2H3;(H,6,7). The van der Waals surface area contributed by atoms with Crippen molar-refractivity contribution in [3.63, 3.8) is 0 Å². The van der Waals surface area contributed by atoms with E-state index in [1.165, 1.54) is 43.2 Å². The number of carbonyl (C=O) groups excluding carboxylic acids is 1. The molecule has 2 aliphatic rings. The Kier molecular flexibility index (Phi) is 8.52. The van der Waals surface area contributed by atoms with Gasteiger partial charge in [0.2, 0.25) is 5.78 Å². The first-order valence-electron chi connectivity index (χ1n) is 10.4. The van der Waals surface area contributed by atoms with E-state index in [0.29, 0.717) is 0 Å². The normalized spacial score (nSPS) is 18.2. The van der Waals surface area contributed by atoms with E-state index in [9.17, 15) is 18.0 Å². The maximum atomic E-state index is 12.6. The predicted molar refractivity (Wildman–Crippen MR) is 107 cm³/mol. The minimum atomic E-state index is -5.08. The SMILES string of the molecule is CCCCCCCCNC1=CC2c3c(c[nH]c3C1=O)CCN2C.O=C(O)C(F)(F)F. The lowest BCUT2D eigenvalue weighted by Gasteiger charge is -2.34. The van der Waals surface area contributed by atoms with Crippen LogP contribution in [0.15, 0.2) is 18.0 Å². The van der Waals surface area contributed by atoms with Gasteiger partial charge in [0.05, 0.1) is 17.4 Å². The molecule has 1 aromatic rings. The third kappa shape index (κ3) is 6.10. The lowest BCUT2D eigenvalue weighted by molar-refractivity contribution is -0.192. The van der Waals surface area contributed by atoms with Crippen molar-refractivity contribution in [1.82, 2.24) is 15.2 Å². The summed E-state index contributed by atoms with van der Waals surface area (Å²) in [7, 11) is 2.14. The average molecular weight is 429 g/mol. The Morgan fingerprint density at radius 2 is 1.90 bits per heavy atom. The number of carbonyl (C=O) groups is 2. The van der Waals surface area contributed by atoms with Crippen LogP contribution in [0.1, 0.15) is 73.1 Å². The van der Waals surface area contributed by atoms with Crippen molar-refractivity contribution in [3.05, 3.63) is 34.8 Å². The number of allylic oxidation sites excluding steroid dienone is 1. The maximum Gasteiger partial charge on any atom is 0.490 e. The number of H-pyrrole nitrogens is 1. The molecule has 30 heavy (non-hydrogen) atoms. The van der Waals surface area contributed by atoms with Crippen molar-refractivity contribution >= 4 is 11.8 Å². The molecule has 0 amide bonds. The largest absolute Gasteiger partial charge is 0.490 e. The van der Waals surface area contributed by atoms with Gasteiger partial charge in [0, 0.05) is 24.8 Å². The van der Waals surface area contributed by atoms with Gasteiger partial charge >= 0.3 is 12.1 Å². The monoisotopic (exact) mass is 429 g/mol. The zero-order valence-electron chi connectivity index (χ0n) is 17.4. The molecule has 1 aromatic heterocycles. The van der Waals surface area contributed by atoms with E-state index in [0.717, 1.165) is 37.3 Å². The van der Waals surface area contributed by atoms with Crippen LogP contribution < -0.4 is 5.32 Å². The minimum Gasteiger partial charge on any atom is -0.475 e. The fourth-order valence-corrected chi connectivity index (χ4v) is 3.71. The number of aliphatic carboxylic acids is 1. The summed E-state index contributed by atoms with van der Waals surface area (Å²) < 4.78 is 31.7. The van der Waals surface area contributed by atoms with E-state index in [4.69, 9.17) is 9.90 Å². The van der Waals surface area contributed by atoms with Crippen LogP contribution in [0.3, 0.4) is 0 Å². The zero-order valence-corrected chi connectivity index (χ0v) is 17.4. The number of carboxylic acid groups (broad SMARTS) is 1. The van der Waals surface area contributed by atoms with Crippen molar-refractivity contribution in [2.75, 3.05) is 20.1 Å². The smallest absolute Gasteiger partial charge is 0.475 e. The van der Waals surface area contributed by atoms with Gasteiger partial charge in [0.15, 0.2) is 0 Å². The molecular weight excluding hydrogens is 399 g/mol. The second kappa shape index (κ2) is 10.7. The number of carboxylic acids is 1. The Morgan fingerprint density at radius 1 is 1.27 bits per heavy atom. The molecule has 2 heterocycles. The highest BCUT2D eigenvalue weighted by Crippen LogP contribution is 2.37. The Labute approximate surface area is 174 Å². The van der Waals surface area contributed by atoms with Crippen LogP contribution in [0.4, 0.5) is 13.2 Å². The van der Waals surface area contributed by atoms with Crippen molar-refractivity contribution in [2.45, 2.75) is 64.1 Å². The number of aromatic nitrogens is 1. The highest BCUT2D eigenvalue weighted by Gasteiger charge is 2.38. The summed E-state index contributed by atoms with van der Waals surface area (Å²) in [6.45, 7) is 4.18. The van der Waals surface area contributed by atoms with Crippen molar-refractivity contribution < 1.29 is 27.9 Å². The summed E-state index contributed by atoms with van der Waals surface area (Å²) in [6, 6.07) is 0.241. The van der Waals surface area contributed by atoms with E-state index < -0.39 is 12.1 Å². The topological polar surface area (TPSA) is 85.4 Å². The second-order valence-corrected chi connectivity index (χ2v) is 7.68. The van der Waals surface area contributed by atoms with Gasteiger partial charge in [-0.2, -0.15) is 13.2 Å². The third-order valence-corrected chi connectivity index (χ3v) is 5.40. The molecule has 1 aliphatic heterocycles. The summed E-state index contributed by atoms with van der Waals surface area (Å²) in [5.41, 5.74) is 4.08. The van der Waals surface area contributed by atoms with Crippen molar-refractivity contribution in [3.8, 4) is 0 Å². The number of hydrogen-bond acceptors (Lipinski definition) is 4. The Balaban J connectivity index is 0.000000396. The number of hydrogen-bond donors (Lipinski definition) is 3. The van der Waals surface area contributed by atoms with Gasteiger partial charge in [-0.05, 0) is 31.5 Å². The summed E-state index contributed by atoms with van der Waals surface area (Å²) in [5, 5.41) is 10.5. The van der Waals surface area contributed by atoms with E-state index in [-0.39, 0.29) is 11.8 Å². The lowest BCUT2D eigenvalue weighted by atomic mass is 9.88. The van der Waals surface area contributed by atoms with Crippen LogP contribution in [0, 0.1) is 0 Å². The third-order valence-electron chi connectivity index (χ3n) is 5.40. The zero-order chi connectivity index (χ0) is 22.3. The highest BCUT2D eigenvalue weighted by atomic mass is 19.4. The average Bonchev–Trinajstić information content (AvgIpc) is 3.11. The summed E-state index contributed by atoms with van der Waals surface area (Å²) in [6.07, 6.45) is 7.73. The maximum absolute atomic E-state index is 12.6. The number of rotatable bonds is 8. The summed E-state index contributed by atoms with van der Waals surface area (Å²) >= 11 is 0. The van der Waals surface area contributed by atoms with Crippen LogP contribution in [0.2, 0.25) is 0 Å². The Morgan fingerprint density at radius 3 is 2.53 bits per heavy atom. The molecule has 0 fully saturated rings. The Bertz CT molecular complexity index is 771. The molecule has 0 saturated carbocycles. The first-order valence-corrected chi connectivity index (χ1v) is 10.4. The van der Waals surface area contributed by atoms with Gasteiger partial charge in [-0.1, -0.05) is 39.0 Å². The molecule has 1 atom stereocenters. The van der Waals surface area contributed by atoms with Crippen molar-refractivity contribution in [1.29, 1.82) is 0 Å². The van der Waals surface area contributed by atoms with Gasteiger partial charge in [-0.25, -0.2) is 4.79 Å². The molecule has 1 aliphatic carbocycles. The molecule has 0 radical (unpaired) electrons.